The molecule has 0 atom stereocenters. The maximum absolute atomic E-state index is 11.1. The summed E-state index contributed by atoms with van der Waals surface area (Å²) in [5.74, 6) is -2.25. The topological polar surface area (TPSA) is 83.8 Å². The molecule has 6 heteroatoms. The van der Waals surface area contributed by atoms with Crippen LogP contribution in [-0.4, -0.2) is 28.8 Å². The summed E-state index contributed by atoms with van der Waals surface area (Å²) >= 11 is 0. The van der Waals surface area contributed by atoms with Crippen LogP contribution in [0.15, 0.2) is 36.4 Å². The Morgan fingerprint density at radius 2 is 1.63 bits per heavy atom. The van der Waals surface area contributed by atoms with Gasteiger partial charge in [0, 0.05) is 17.1 Å². The molecule has 0 bridgehead atoms. The first-order valence-electron chi connectivity index (χ1n) is 5.18. The van der Waals surface area contributed by atoms with Crippen LogP contribution >= 0.6 is 0 Å². The van der Waals surface area contributed by atoms with Crippen LogP contribution in [-0.2, 0) is 21.9 Å². The summed E-state index contributed by atoms with van der Waals surface area (Å²) < 4.78 is 4.99. The Morgan fingerprint density at radius 1 is 1.05 bits per heavy atom. The van der Waals surface area contributed by atoms with E-state index in [1.807, 2.05) is 6.07 Å². The van der Waals surface area contributed by atoms with Gasteiger partial charge in [0.15, 0.2) is 6.61 Å². The van der Waals surface area contributed by atoms with Gasteiger partial charge < -0.3 is 14.9 Å². The van der Waals surface area contributed by atoms with E-state index in [1.54, 1.807) is 18.2 Å². The van der Waals surface area contributed by atoms with Crippen LogP contribution in [0, 0.1) is 0 Å². The summed E-state index contributed by atoms with van der Waals surface area (Å²) in [5.41, 5.74) is -0.0463. The maximum atomic E-state index is 11.1. The smallest absolute Gasteiger partial charge is 0.341 e. The second kappa shape index (κ2) is 6.22. The Bertz CT molecular complexity index is 623. The van der Waals surface area contributed by atoms with Crippen molar-refractivity contribution in [1.82, 2.24) is 0 Å². The molecule has 5 nitrogen and oxygen atoms in total. The van der Waals surface area contributed by atoms with E-state index in [2.05, 4.69) is 0 Å². The quantitative estimate of drug-likeness (QED) is 0.844. The van der Waals surface area contributed by atoms with E-state index in [0.29, 0.717) is 0 Å². The number of aromatic carboxylic acids is 1. The van der Waals surface area contributed by atoms with E-state index in [9.17, 15) is 9.59 Å². The monoisotopic (exact) mass is 309 g/mol. The SMILES string of the molecule is O=C(O)COc1cc2ccccc2cc1C(=O)O.[Cu]. The van der Waals surface area contributed by atoms with Gasteiger partial charge in [-0.15, -0.1) is 0 Å². The van der Waals surface area contributed by atoms with Gasteiger partial charge in [-0.3, -0.25) is 0 Å². The zero-order valence-electron chi connectivity index (χ0n) is 9.59. The molecule has 2 N–H and O–H groups in total. The van der Waals surface area contributed by atoms with Crippen LogP contribution < -0.4 is 4.74 Å². The summed E-state index contributed by atoms with van der Waals surface area (Å²) in [4.78, 5) is 21.5. The Balaban J connectivity index is 0.00000180. The number of hydrogen-bond donors (Lipinski definition) is 2. The Labute approximate surface area is 119 Å². The molecule has 103 valence electrons. The standard InChI is InChI=1S/C13H10O5.Cu/c14-12(15)7-18-11-6-9-4-2-1-3-8(9)5-10(11)13(16)17;/h1-6H,7H2,(H,14,15)(H,16,17);. The molecule has 0 fully saturated rings. The van der Waals surface area contributed by atoms with Crippen molar-refractivity contribution < 1.29 is 41.6 Å². The molecule has 19 heavy (non-hydrogen) atoms. The number of rotatable bonds is 4. The molecule has 2 aromatic rings. The predicted molar refractivity (Wildman–Crippen MR) is 64.0 cm³/mol. The normalized spacial score (nSPS) is 9.68. The summed E-state index contributed by atoms with van der Waals surface area (Å²) in [6.07, 6.45) is 0. The minimum absolute atomic E-state index is 0. The van der Waals surface area contributed by atoms with Gasteiger partial charge in [0.25, 0.3) is 0 Å². The van der Waals surface area contributed by atoms with Crippen molar-refractivity contribution >= 4 is 22.7 Å². The number of benzene rings is 2. The molecule has 0 unspecified atom stereocenters. The molecule has 0 amide bonds. The molecule has 0 heterocycles. The van der Waals surface area contributed by atoms with Crippen LogP contribution in [0.1, 0.15) is 10.4 Å². The minimum Gasteiger partial charge on any atom is -0.481 e. The van der Waals surface area contributed by atoms with Gasteiger partial charge in [-0.2, -0.15) is 0 Å². The second-order valence-corrected chi connectivity index (χ2v) is 3.68. The van der Waals surface area contributed by atoms with Crippen LogP contribution in [0.3, 0.4) is 0 Å². The first-order valence-corrected chi connectivity index (χ1v) is 5.18. The molecule has 2 rings (SSSR count). The first-order chi connectivity index (χ1) is 8.58. The van der Waals surface area contributed by atoms with Gasteiger partial charge in [-0.1, -0.05) is 24.3 Å². The third-order valence-electron chi connectivity index (χ3n) is 2.43. The van der Waals surface area contributed by atoms with Crippen molar-refractivity contribution in [3.05, 3.63) is 42.0 Å². The van der Waals surface area contributed by atoms with Crippen molar-refractivity contribution in [2.24, 2.45) is 0 Å². The largest absolute Gasteiger partial charge is 0.481 e. The van der Waals surface area contributed by atoms with E-state index in [4.69, 9.17) is 14.9 Å². The van der Waals surface area contributed by atoms with E-state index in [0.717, 1.165) is 10.8 Å². The molecule has 1 radical (unpaired) electrons. The van der Waals surface area contributed by atoms with E-state index < -0.39 is 18.5 Å². The van der Waals surface area contributed by atoms with Gasteiger partial charge in [-0.25, -0.2) is 9.59 Å². The molecule has 2 aromatic carbocycles. The Kier molecular flexibility index (Phi) is 4.92. The maximum Gasteiger partial charge on any atom is 0.341 e. The fourth-order valence-electron chi connectivity index (χ4n) is 1.65. The number of aliphatic carboxylic acids is 1. The third-order valence-corrected chi connectivity index (χ3v) is 2.43. The fraction of sp³-hybridized carbons (Fsp3) is 0.0769. The summed E-state index contributed by atoms with van der Waals surface area (Å²) in [5, 5.41) is 19.2. The average Bonchev–Trinajstić information content (AvgIpc) is 2.35. The molecular weight excluding hydrogens is 300 g/mol. The van der Waals surface area contributed by atoms with Crippen molar-refractivity contribution in [2.75, 3.05) is 6.61 Å². The van der Waals surface area contributed by atoms with E-state index in [1.165, 1.54) is 12.1 Å². The van der Waals surface area contributed by atoms with Crippen LogP contribution in [0.4, 0.5) is 0 Å². The number of carbonyl (C=O) groups is 2. The average molecular weight is 310 g/mol. The number of ether oxygens (including phenoxy) is 1. The molecule has 0 aromatic heterocycles. The molecule has 0 spiro atoms. The van der Waals surface area contributed by atoms with Crippen molar-refractivity contribution in [1.29, 1.82) is 0 Å². The molecule has 0 aliphatic carbocycles. The number of fused-ring (bicyclic) bond motifs is 1. The Hall–Kier alpha value is -2.04. The van der Waals surface area contributed by atoms with Crippen molar-refractivity contribution in [3.63, 3.8) is 0 Å². The van der Waals surface area contributed by atoms with Gasteiger partial charge in [-0.05, 0) is 22.9 Å². The molecule has 0 saturated carbocycles. The summed E-state index contributed by atoms with van der Waals surface area (Å²) in [6.45, 7) is -0.571. The van der Waals surface area contributed by atoms with Gasteiger partial charge in [0.2, 0.25) is 0 Å². The third kappa shape index (κ3) is 3.46. The van der Waals surface area contributed by atoms with Crippen molar-refractivity contribution in [3.8, 4) is 5.75 Å². The van der Waals surface area contributed by atoms with Gasteiger partial charge in [0.1, 0.15) is 11.3 Å². The minimum atomic E-state index is -1.15. The summed E-state index contributed by atoms with van der Waals surface area (Å²) in [7, 11) is 0. The van der Waals surface area contributed by atoms with Crippen LogP contribution in [0.25, 0.3) is 10.8 Å². The van der Waals surface area contributed by atoms with E-state index in [-0.39, 0.29) is 28.4 Å². The molecule has 0 saturated heterocycles. The molecule has 0 aliphatic rings. The van der Waals surface area contributed by atoms with Crippen molar-refractivity contribution in [2.45, 2.75) is 0 Å². The molecule has 0 aliphatic heterocycles. The molecular formula is C13H10CuO5. The van der Waals surface area contributed by atoms with Crippen LogP contribution in [0.2, 0.25) is 0 Å². The second-order valence-electron chi connectivity index (χ2n) is 3.68. The number of hydrogen-bond acceptors (Lipinski definition) is 3. The van der Waals surface area contributed by atoms with E-state index >= 15 is 0 Å². The number of carboxylic acid groups (broad SMARTS) is 2. The zero-order valence-corrected chi connectivity index (χ0v) is 10.5. The Morgan fingerprint density at radius 3 is 2.16 bits per heavy atom. The van der Waals surface area contributed by atoms with Crippen LogP contribution in [0.5, 0.6) is 5.75 Å². The zero-order chi connectivity index (χ0) is 13.1. The fourth-order valence-corrected chi connectivity index (χ4v) is 1.65. The summed E-state index contributed by atoms with van der Waals surface area (Å²) in [6, 6.07) is 10.2. The number of carboxylic acids is 2. The van der Waals surface area contributed by atoms with Gasteiger partial charge in [0.05, 0.1) is 0 Å². The first kappa shape index (κ1) is 15.0. The predicted octanol–water partition coefficient (Wildman–Crippen LogP) is 2.00. The van der Waals surface area contributed by atoms with Gasteiger partial charge >= 0.3 is 11.9 Å².